The molecule has 2 heterocycles. The number of imidazole rings is 1. The molecule has 1 aliphatic heterocycles. The highest BCUT2D eigenvalue weighted by Gasteiger charge is 2.20. The summed E-state index contributed by atoms with van der Waals surface area (Å²) in [5.41, 5.74) is 2.45. The molecule has 0 radical (unpaired) electrons. The van der Waals surface area contributed by atoms with Crippen molar-refractivity contribution < 1.29 is 14.3 Å². The lowest BCUT2D eigenvalue weighted by Gasteiger charge is -2.26. The molecular formula is C25H37N5O3. The van der Waals surface area contributed by atoms with Crippen LogP contribution in [0, 0.1) is 0 Å². The number of aryl methyl sites for hydroxylation is 1. The topological polar surface area (TPSA) is 88.5 Å². The van der Waals surface area contributed by atoms with Crippen molar-refractivity contribution in [1.29, 1.82) is 0 Å². The van der Waals surface area contributed by atoms with Crippen LogP contribution in [0.25, 0.3) is 0 Å². The van der Waals surface area contributed by atoms with E-state index in [0.717, 1.165) is 56.4 Å². The van der Waals surface area contributed by atoms with Gasteiger partial charge in [0.1, 0.15) is 6.61 Å². The molecule has 180 valence electrons. The molecule has 2 aromatic rings. The third kappa shape index (κ3) is 7.98. The number of benzene rings is 1. The van der Waals surface area contributed by atoms with E-state index in [0.29, 0.717) is 25.2 Å². The van der Waals surface area contributed by atoms with Gasteiger partial charge in [0, 0.05) is 56.9 Å². The van der Waals surface area contributed by atoms with Crippen molar-refractivity contribution in [2.24, 2.45) is 0 Å². The molecule has 0 saturated carbocycles. The van der Waals surface area contributed by atoms with Gasteiger partial charge in [-0.25, -0.2) is 4.98 Å². The van der Waals surface area contributed by atoms with Gasteiger partial charge in [-0.05, 0) is 56.0 Å². The van der Waals surface area contributed by atoms with Crippen LogP contribution in [0.1, 0.15) is 60.9 Å². The summed E-state index contributed by atoms with van der Waals surface area (Å²) in [6, 6.07) is 5.64. The van der Waals surface area contributed by atoms with Crippen LogP contribution < -0.4 is 15.5 Å². The molecule has 2 N–H and O–H groups in total. The van der Waals surface area contributed by atoms with Crippen LogP contribution in [0.2, 0.25) is 0 Å². The predicted octanol–water partition coefficient (Wildman–Crippen LogP) is 3.13. The first-order chi connectivity index (χ1) is 16.2. The molecule has 1 aromatic heterocycles. The Balaban J connectivity index is 1.66. The molecule has 33 heavy (non-hydrogen) atoms. The van der Waals surface area contributed by atoms with Crippen molar-refractivity contribution in [3.63, 3.8) is 0 Å². The highest BCUT2D eigenvalue weighted by atomic mass is 16.5. The van der Waals surface area contributed by atoms with Crippen LogP contribution >= 0.6 is 0 Å². The van der Waals surface area contributed by atoms with Crippen LogP contribution in [-0.4, -0.2) is 54.7 Å². The average molecular weight is 456 g/mol. The fourth-order valence-electron chi connectivity index (χ4n) is 4.13. The molecule has 0 aliphatic carbocycles. The number of carbonyl (C=O) groups excluding carboxylic acids is 2. The zero-order valence-corrected chi connectivity index (χ0v) is 19.7. The van der Waals surface area contributed by atoms with Crippen LogP contribution in [0.4, 0.5) is 5.69 Å². The lowest BCUT2D eigenvalue weighted by Crippen LogP contribution is -2.36. The molecule has 0 fully saturated rings. The minimum atomic E-state index is -0.0821. The van der Waals surface area contributed by atoms with E-state index in [1.165, 1.54) is 12.8 Å². The number of nitrogens with zero attached hydrogens (tertiary/aromatic N) is 3. The monoisotopic (exact) mass is 455 g/mol. The standard InChI is InChI=1S/C25H37N5O3/c1-33-19-24(31)30-15-7-4-2-3-5-11-26-18-22-17-21(9-10-23(22)30)25(32)28-12-6-8-14-29-16-13-27-20-29/h9-10,13,16-17,20,26H,2-8,11-12,14-15,18-19H2,1H3,(H,28,32). The van der Waals surface area contributed by atoms with E-state index >= 15 is 0 Å². The summed E-state index contributed by atoms with van der Waals surface area (Å²) < 4.78 is 7.16. The fraction of sp³-hybridized carbons (Fsp3) is 0.560. The van der Waals surface area contributed by atoms with Crippen molar-refractivity contribution in [3.8, 4) is 0 Å². The fourth-order valence-corrected chi connectivity index (χ4v) is 4.13. The van der Waals surface area contributed by atoms with Crippen molar-refractivity contribution in [2.45, 2.75) is 58.0 Å². The number of fused-ring (bicyclic) bond motifs is 1. The lowest BCUT2D eigenvalue weighted by molar-refractivity contribution is -0.122. The number of hydrogen-bond acceptors (Lipinski definition) is 5. The van der Waals surface area contributed by atoms with E-state index in [9.17, 15) is 9.59 Å². The first-order valence-corrected chi connectivity index (χ1v) is 12.1. The number of hydrogen-bond donors (Lipinski definition) is 2. The maximum absolute atomic E-state index is 12.8. The van der Waals surface area contributed by atoms with Gasteiger partial charge in [-0.1, -0.05) is 19.3 Å². The van der Waals surface area contributed by atoms with Crippen LogP contribution in [0.15, 0.2) is 36.9 Å². The number of carbonyl (C=O) groups is 2. The van der Waals surface area contributed by atoms with Gasteiger partial charge in [-0.2, -0.15) is 0 Å². The molecule has 0 atom stereocenters. The Morgan fingerprint density at radius 1 is 1.15 bits per heavy atom. The van der Waals surface area contributed by atoms with E-state index in [1.54, 1.807) is 19.6 Å². The minimum Gasteiger partial charge on any atom is -0.375 e. The van der Waals surface area contributed by atoms with Crippen molar-refractivity contribution in [2.75, 3.05) is 38.3 Å². The van der Waals surface area contributed by atoms with Gasteiger partial charge in [0.15, 0.2) is 0 Å². The van der Waals surface area contributed by atoms with Gasteiger partial charge in [0.2, 0.25) is 0 Å². The van der Waals surface area contributed by atoms with Crippen LogP contribution in [0.3, 0.4) is 0 Å². The second kappa shape index (κ2) is 13.7. The number of amides is 2. The molecular weight excluding hydrogens is 418 g/mol. The maximum atomic E-state index is 12.8. The van der Waals surface area contributed by atoms with Gasteiger partial charge >= 0.3 is 0 Å². The van der Waals surface area contributed by atoms with Crippen LogP contribution in [-0.2, 0) is 22.6 Å². The molecule has 8 heteroatoms. The van der Waals surface area contributed by atoms with Gasteiger partial charge in [-0.3, -0.25) is 9.59 Å². The van der Waals surface area contributed by atoms with Crippen molar-refractivity contribution >= 4 is 17.5 Å². The number of unbranched alkanes of at least 4 members (excludes halogenated alkanes) is 1. The number of rotatable bonds is 8. The Bertz CT molecular complexity index is 869. The summed E-state index contributed by atoms with van der Waals surface area (Å²) in [5, 5.41) is 6.51. The number of nitrogens with one attached hydrogen (secondary N) is 2. The van der Waals surface area contributed by atoms with Gasteiger partial charge in [-0.15, -0.1) is 0 Å². The summed E-state index contributed by atoms with van der Waals surface area (Å²) in [4.78, 5) is 31.4. The largest absolute Gasteiger partial charge is 0.375 e. The van der Waals surface area contributed by atoms with Crippen LogP contribution in [0.5, 0.6) is 0 Å². The quantitative estimate of drug-likeness (QED) is 0.597. The number of aromatic nitrogens is 2. The van der Waals surface area contributed by atoms with Gasteiger partial charge in [0.25, 0.3) is 11.8 Å². The first-order valence-electron chi connectivity index (χ1n) is 12.1. The van der Waals surface area contributed by atoms with Gasteiger partial charge in [0.05, 0.1) is 6.33 Å². The molecule has 8 nitrogen and oxygen atoms in total. The second-order valence-electron chi connectivity index (χ2n) is 8.53. The molecule has 0 bridgehead atoms. The summed E-state index contributed by atoms with van der Waals surface area (Å²) >= 11 is 0. The minimum absolute atomic E-state index is 0.0498. The number of ether oxygens (including phenoxy) is 1. The molecule has 2 amide bonds. The maximum Gasteiger partial charge on any atom is 0.252 e. The van der Waals surface area contributed by atoms with E-state index < -0.39 is 0 Å². The van der Waals surface area contributed by atoms with E-state index in [2.05, 4.69) is 15.6 Å². The third-order valence-electron chi connectivity index (χ3n) is 5.94. The SMILES string of the molecule is COCC(=O)N1CCCCCCCNCc2cc(C(=O)NCCCCn3ccnc3)ccc21. The zero-order valence-electron chi connectivity index (χ0n) is 19.7. The Hall–Kier alpha value is -2.71. The number of methoxy groups -OCH3 is 1. The molecule has 1 aliphatic rings. The summed E-state index contributed by atoms with van der Waals surface area (Å²) in [6.07, 6.45) is 13.0. The smallest absolute Gasteiger partial charge is 0.252 e. The normalized spacial score (nSPS) is 15.2. The highest BCUT2D eigenvalue weighted by molar-refractivity contribution is 5.98. The van der Waals surface area contributed by atoms with Gasteiger partial charge < -0.3 is 24.8 Å². The van der Waals surface area contributed by atoms with Crippen molar-refractivity contribution in [1.82, 2.24) is 20.2 Å². The highest BCUT2D eigenvalue weighted by Crippen LogP contribution is 2.24. The summed E-state index contributed by atoms with van der Waals surface area (Å²) in [6.45, 7) is 3.79. The zero-order chi connectivity index (χ0) is 23.3. The number of anilines is 1. The molecule has 0 spiro atoms. The average Bonchev–Trinajstić information content (AvgIpc) is 3.33. The van der Waals surface area contributed by atoms with E-state index in [4.69, 9.17) is 4.74 Å². The molecule has 3 rings (SSSR count). The molecule has 0 saturated heterocycles. The molecule has 0 unspecified atom stereocenters. The Morgan fingerprint density at radius 2 is 2.00 bits per heavy atom. The Kier molecular flexibility index (Phi) is 10.4. The lowest BCUT2D eigenvalue weighted by atomic mass is 10.0. The summed E-state index contributed by atoms with van der Waals surface area (Å²) in [7, 11) is 1.54. The molecule has 1 aromatic carbocycles. The third-order valence-corrected chi connectivity index (χ3v) is 5.94. The first kappa shape index (κ1) is 24.9. The van der Waals surface area contributed by atoms with Crippen molar-refractivity contribution in [3.05, 3.63) is 48.0 Å². The Labute approximate surface area is 196 Å². The second-order valence-corrected chi connectivity index (χ2v) is 8.53. The Morgan fingerprint density at radius 3 is 2.82 bits per heavy atom. The predicted molar refractivity (Wildman–Crippen MR) is 129 cm³/mol. The summed E-state index contributed by atoms with van der Waals surface area (Å²) in [5.74, 6) is -0.132. The van der Waals surface area contributed by atoms with E-state index in [-0.39, 0.29) is 18.4 Å². The van der Waals surface area contributed by atoms with E-state index in [1.807, 2.05) is 33.9 Å².